The van der Waals surface area contributed by atoms with Gasteiger partial charge < -0.3 is 15.4 Å². The molecule has 0 heterocycles. The van der Waals surface area contributed by atoms with Crippen molar-refractivity contribution in [3.8, 4) is 5.75 Å². The van der Waals surface area contributed by atoms with Crippen molar-refractivity contribution in [3.05, 3.63) is 76.3 Å². The van der Waals surface area contributed by atoms with Crippen LogP contribution in [0.5, 0.6) is 5.75 Å². The number of hydrogen-bond donors (Lipinski definition) is 2. The second-order valence-corrected chi connectivity index (χ2v) is 6.02. The summed E-state index contributed by atoms with van der Waals surface area (Å²) in [5.41, 5.74) is 0.481. The van der Waals surface area contributed by atoms with Crippen LogP contribution in [-0.4, -0.2) is 24.8 Å². The molecule has 5 nitrogen and oxygen atoms in total. The Balaban J connectivity index is 1.74. The Bertz CT molecular complexity index is 826. The van der Waals surface area contributed by atoms with Crippen LogP contribution in [0.25, 0.3) is 0 Å². The van der Waals surface area contributed by atoms with Crippen LogP contribution in [0.2, 0.25) is 10.0 Å². The summed E-state index contributed by atoms with van der Waals surface area (Å²) in [7, 11) is 0. The number of carbonyl (C=O) groups excluding carboxylic acids is 2. The summed E-state index contributed by atoms with van der Waals surface area (Å²) in [6.45, 7) is 3.20. The molecule has 0 aromatic heterocycles. The highest BCUT2D eigenvalue weighted by Crippen LogP contribution is 2.20. The monoisotopic (exact) mass is 396 g/mol. The van der Waals surface area contributed by atoms with Crippen molar-refractivity contribution in [2.24, 2.45) is 0 Å². The van der Waals surface area contributed by atoms with Crippen molar-refractivity contribution < 1.29 is 18.7 Å². The number of nitrogens with one attached hydrogen (secondary N) is 2. The van der Waals surface area contributed by atoms with Crippen LogP contribution in [0.3, 0.4) is 0 Å². The van der Waals surface area contributed by atoms with E-state index in [1.807, 2.05) is 0 Å². The number of amides is 1. The molecule has 0 saturated carbocycles. The SMILES string of the molecule is C=C(NCC(=O)c1ccc(Cl)cc1)NC(=O)COc1ccc(Cl)c(F)c1. The van der Waals surface area contributed by atoms with Crippen LogP contribution in [0.1, 0.15) is 10.4 Å². The van der Waals surface area contributed by atoms with Crippen molar-refractivity contribution in [1.82, 2.24) is 10.6 Å². The largest absolute Gasteiger partial charge is 0.484 e. The molecule has 0 fully saturated rings. The summed E-state index contributed by atoms with van der Waals surface area (Å²) in [6.07, 6.45) is 0. The Morgan fingerprint density at radius 2 is 1.81 bits per heavy atom. The molecule has 0 aliphatic rings. The number of carbonyl (C=O) groups is 2. The Kier molecular flexibility index (Phi) is 7.00. The topological polar surface area (TPSA) is 67.4 Å². The lowest BCUT2D eigenvalue weighted by Gasteiger charge is -2.11. The lowest BCUT2D eigenvalue weighted by molar-refractivity contribution is -0.122. The number of halogens is 3. The molecule has 2 aromatic rings. The highest BCUT2D eigenvalue weighted by atomic mass is 35.5. The van der Waals surface area contributed by atoms with E-state index in [0.29, 0.717) is 10.6 Å². The molecule has 8 heteroatoms. The van der Waals surface area contributed by atoms with Gasteiger partial charge in [-0.15, -0.1) is 0 Å². The van der Waals surface area contributed by atoms with Crippen LogP contribution in [0.15, 0.2) is 54.9 Å². The van der Waals surface area contributed by atoms with Gasteiger partial charge in [0.25, 0.3) is 5.91 Å². The van der Waals surface area contributed by atoms with Crippen LogP contribution in [-0.2, 0) is 4.79 Å². The van der Waals surface area contributed by atoms with Gasteiger partial charge in [0.2, 0.25) is 0 Å². The van der Waals surface area contributed by atoms with Crippen molar-refractivity contribution in [2.45, 2.75) is 0 Å². The van der Waals surface area contributed by atoms with Gasteiger partial charge in [0.15, 0.2) is 12.4 Å². The Morgan fingerprint density at radius 1 is 1.12 bits per heavy atom. The molecule has 0 radical (unpaired) electrons. The van der Waals surface area contributed by atoms with Crippen molar-refractivity contribution in [2.75, 3.05) is 13.2 Å². The second-order valence-electron chi connectivity index (χ2n) is 5.17. The molecule has 0 aliphatic carbocycles. The van der Waals surface area contributed by atoms with E-state index >= 15 is 0 Å². The van der Waals surface area contributed by atoms with Gasteiger partial charge in [-0.2, -0.15) is 0 Å². The zero-order valence-electron chi connectivity index (χ0n) is 13.5. The van der Waals surface area contributed by atoms with Crippen LogP contribution >= 0.6 is 23.2 Å². The Hall–Kier alpha value is -2.57. The smallest absolute Gasteiger partial charge is 0.263 e. The maximum atomic E-state index is 13.3. The van der Waals surface area contributed by atoms with Crippen LogP contribution in [0, 0.1) is 5.82 Å². The van der Waals surface area contributed by atoms with Crippen LogP contribution < -0.4 is 15.4 Å². The van der Waals surface area contributed by atoms with E-state index < -0.39 is 11.7 Å². The predicted octanol–water partition coefficient (Wildman–Crippen LogP) is 3.57. The summed E-state index contributed by atoms with van der Waals surface area (Å²) >= 11 is 11.3. The fourth-order valence-electron chi connectivity index (χ4n) is 1.89. The lowest BCUT2D eigenvalue weighted by atomic mass is 10.1. The first-order valence-corrected chi connectivity index (χ1v) is 8.20. The van der Waals surface area contributed by atoms with Crippen LogP contribution in [0.4, 0.5) is 4.39 Å². The molecule has 0 spiro atoms. The Labute approximate surface area is 159 Å². The summed E-state index contributed by atoms with van der Waals surface area (Å²) in [6, 6.07) is 10.3. The number of benzene rings is 2. The van der Waals surface area contributed by atoms with Gasteiger partial charge >= 0.3 is 0 Å². The normalized spacial score (nSPS) is 10.1. The molecule has 2 N–H and O–H groups in total. The van der Waals surface area contributed by atoms with E-state index in [4.69, 9.17) is 27.9 Å². The molecule has 2 aromatic carbocycles. The summed E-state index contributed by atoms with van der Waals surface area (Å²) < 4.78 is 18.4. The third kappa shape index (κ3) is 6.06. The first-order chi connectivity index (χ1) is 12.3. The van der Waals surface area contributed by atoms with Gasteiger partial charge in [-0.3, -0.25) is 9.59 Å². The fraction of sp³-hybridized carbons (Fsp3) is 0.111. The molecule has 0 atom stereocenters. The zero-order chi connectivity index (χ0) is 19.1. The zero-order valence-corrected chi connectivity index (χ0v) is 15.0. The van der Waals surface area contributed by atoms with E-state index in [1.54, 1.807) is 24.3 Å². The third-order valence-electron chi connectivity index (χ3n) is 3.18. The number of ether oxygens (including phenoxy) is 1. The average molecular weight is 397 g/mol. The molecular formula is C18H15Cl2FN2O3. The standard InChI is InChI=1S/C18H15Cl2FN2O3/c1-11(22-9-17(24)12-2-4-13(19)5-3-12)23-18(25)10-26-14-6-7-15(20)16(21)8-14/h2-8,22H,1,9-10H2,(H,23,25). The molecule has 1 amide bonds. The highest BCUT2D eigenvalue weighted by molar-refractivity contribution is 6.31. The van der Waals surface area contributed by atoms with Gasteiger partial charge in [-0.25, -0.2) is 4.39 Å². The third-order valence-corrected chi connectivity index (χ3v) is 3.74. The van der Waals surface area contributed by atoms with Gasteiger partial charge in [0.05, 0.1) is 17.4 Å². The van der Waals surface area contributed by atoms with Gasteiger partial charge in [-0.1, -0.05) is 29.8 Å². The lowest BCUT2D eigenvalue weighted by Crippen LogP contribution is -2.36. The maximum Gasteiger partial charge on any atom is 0.263 e. The van der Waals surface area contributed by atoms with E-state index in [2.05, 4.69) is 17.2 Å². The minimum absolute atomic E-state index is 0.0373. The molecule has 0 unspecified atom stereocenters. The van der Waals surface area contributed by atoms with E-state index in [9.17, 15) is 14.0 Å². The molecule has 0 saturated heterocycles. The molecule has 0 aliphatic heterocycles. The minimum atomic E-state index is -0.642. The van der Waals surface area contributed by atoms with E-state index in [-0.39, 0.29) is 35.5 Å². The fourth-order valence-corrected chi connectivity index (χ4v) is 2.13. The molecule has 0 bridgehead atoms. The molecule has 2 rings (SSSR count). The average Bonchev–Trinajstić information content (AvgIpc) is 2.61. The van der Waals surface area contributed by atoms with Gasteiger partial charge in [0, 0.05) is 16.7 Å². The summed E-state index contributed by atoms with van der Waals surface area (Å²) in [4.78, 5) is 23.8. The molecular weight excluding hydrogens is 382 g/mol. The molecule has 26 heavy (non-hydrogen) atoms. The first-order valence-electron chi connectivity index (χ1n) is 7.44. The predicted molar refractivity (Wildman–Crippen MR) is 98.0 cm³/mol. The van der Waals surface area contributed by atoms with Crippen molar-refractivity contribution in [3.63, 3.8) is 0 Å². The number of rotatable bonds is 8. The summed E-state index contributed by atoms with van der Waals surface area (Å²) in [5.74, 6) is -1.04. The van der Waals surface area contributed by atoms with Gasteiger partial charge in [-0.05, 0) is 36.4 Å². The number of ketones is 1. The van der Waals surface area contributed by atoms with Crippen molar-refractivity contribution in [1.29, 1.82) is 0 Å². The number of hydrogen-bond acceptors (Lipinski definition) is 4. The first kappa shape index (κ1) is 19.8. The quantitative estimate of drug-likeness (QED) is 0.669. The van der Waals surface area contributed by atoms with E-state index in [1.165, 1.54) is 12.1 Å². The van der Waals surface area contributed by atoms with Crippen molar-refractivity contribution >= 4 is 34.9 Å². The number of Topliss-reactive ketones (excluding diaryl/α,β-unsaturated/α-hetero) is 1. The second kappa shape index (κ2) is 9.22. The minimum Gasteiger partial charge on any atom is -0.484 e. The molecule has 136 valence electrons. The highest BCUT2D eigenvalue weighted by Gasteiger charge is 2.09. The van der Waals surface area contributed by atoms with Gasteiger partial charge in [0.1, 0.15) is 11.6 Å². The Morgan fingerprint density at radius 3 is 2.46 bits per heavy atom. The van der Waals surface area contributed by atoms with E-state index in [0.717, 1.165) is 6.07 Å². The summed E-state index contributed by atoms with van der Waals surface area (Å²) in [5, 5.41) is 5.63. The maximum absolute atomic E-state index is 13.3.